The number of amides is 1. The van der Waals surface area contributed by atoms with Crippen molar-refractivity contribution >= 4 is 17.5 Å². The number of rotatable bonds is 9. The molecular formula is C17H26ClNO. The van der Waals surface area contributed by atoms with E-state index in [9.17, 15) is 4.79 Å². The van der Waals surface area contributed by atoms with Crippen molar-refractivity contribution in [1.82, 2.24) is 5.32 Å². The van der Waals surface area contributed by atoms with Gasteiger partial charge in [0.1, 0.15) is 0 Å². The van der Waals surface area contributed by atoms with Crippen LogP contribution in [0, 0.1) is 5.92 Å². The van der Waals surface area contributed by atoms with Crippen molar-refractivity contribution in [1.29, 1.82) is 0 Å². The monoisotopic (exact) mass is 295 g/mol. The summed E-state index contributed by atoms with van der Waals surface area (Å²) in [6, 6.07) is 7.48. The van der Waals surface area contributed by atoms with Crippen LogP contribution in [-0.4, -0.2) is 12.5 Å². The fourth-order valence-corrected chi connectivity index (χ4v) is 2.30. The Labute approximate surface area is 127 Å². The first-order valence-electron chi connectivity index (χ1n) is 7.56. The minimum absolute atomic E-state index is 0.000790. The Hall–Kier alpha value is -1.02. The van der Waals surface area contributed by atoms with Gasteiger partial charge in [0, 0.05) is 18.0 Å². The predicted octanol–water partition coefficient (Wildman–Crippen LogP) is 4.76. The zero-order chi connectivity index (χ0) is 14.8. The number of carbonyl (C=O) groups excluding carboxylic acids is 1. The second-order valence-corrected chi connectivity index (χ2v) is 5.95. The van der Waals surface area contributed by atoms with Gasteiger partial charge in [-0.2, -0.15) is 0 Å². The number of unbranched alkanes of at least 4 members (excludes halogenated alkanes) is 3. The maximum absolute atomic E-state index is 11.9. The van der Waals surface area contributed by atoms with Crippen molar-refractivity contribution < 1.29 is 4.79 Å². The summed E-state index contributed by atoms with van der Waals surface area (Å²) >= 11 is 5.77. The van der Waals surface area contributed by atoms with Gasteiger partial charge in [-0.05, 0) is 30.0 Å². The first kappa shape index (κ1) is 17.0. The lowest BCUT2D eigenvalue weighted by Crippen LogP contribution is -2.24. The van der Waals surface area contributed by atoms with Crippen LogP contribution in [0.2, 0.25) is 0 Å². The standard InChI is InChI=1S/C17H26ClNO/c1-14(2)8-5-3-4-6-11-19-17(20)16-10-7-9-15(12-16)13-18/h7,9-10,12,14H,3-6,8,11,13H2,1-2H3,(H,19,20). The molecule has 0 unspecified atom stereocenters. The number of hydrogen-bond donors (Lipinski definition) is 1. The largest absolute Gasteiger partial charge is 0.352 e. The zero-order valence-corrected chi connectivity index (χ0v) is 13.4. The SMILES string of the molecule is CC(C)CCCCCCNC(=O)c1cccc(CCl)c1. The third-order valence-electron chi connectivity index (χ3n) is 3.34. The molecule has 1 N–H and O–H groups in total. The van der Waals surface area contributed by atoms with E-state index in [4.69, 9.17) is 11.6 Å². The molecule has 0 saturated heterocycles. The topological polar surface area (TPSA) is 29.1 Å². The minimum Gasteiger partial charge on any atom is -0.352 e. The van der Waals surface area contributed by atoms with Crippen molar-refractivity contribution in [3.8, 4) is 0 Å². The van der Waals surface area contributed by atoms with Gasteiger partial charge in [0.15, 0.2) is 0 Å². The van der Waals surface area contributed by atoms with E-state index < -0.39 is 0 Å². The summed E-state index contributed by atoms with van der Waals surface area (Å²) in [6.07, 6.45) is 6.10. The Morgan fingerprint density at radius 2 is 1.95 bits per heavy atom. The second kappa shape index (κ2) is 9.82. The number of alkyl halides is 1. The van der Waals surface area contributed by atoms with Crippen molar-refractivity contribution in [3.05, 3.63) is 35.4 Å². The second-order valence-electron chi connectivity index (χ2n) is 5.69. The lowest BCUT2D eigenvalue weighted by molar-refractivity contribution is 0.0953. The van der Waals surface area contributed by atoms with E-state index in [-0.39, 0.29) is 5.91 Å². The van der Waals surface area contributed by atoms with Gasteiger partial charge < -0.3 is 5.32 Å². The molecule has 0 aromatic heterocycles. The van der Waals surface area contributed by atoms with Crippen molar-refractivity contribution in [2.75, 3.05) is 6.54 Å². The average Bonchev–Trinajstić information content (AvgIpc) is 2.45. The van der Waals surface area contributed by atoms with Crippen LogP contribution in [0.3, 0.4) is 0 Å². The molecule has 0 saturated carbocycles. The molecule has 0 aliphatic rings. The average molecular weight is 296 g/mol. The highest BCUT2D eigenvalue weighted by Gasteiger charge is 2.05. The van der Waals surface area contributed by atoms with Gasteiger partial charge >= 0.3 is 0 Å². The summed E-state index contributed by atoms with van der Waals surface area (Å²) in [5, 5.41) is 2.97. The van der Waals surface area contributed by atoms with Gasteiger partial charge in [-0.3, -0.25) is 4.79 Å². The minimum atomic E-state index is -0.000790. The Morgan fingerprint density at radius 1 is 1.20 bits per heavy atom. The third kappa shape index (κ3) is 6.95. The molecule has 112 valence electrons. The highest BCUT2D eigenvalue weighted by atomic mass is 35.5. The molecule has 2 nitrogen and oxygen atoms in total. The highest BCUT2D eigenvalue weighted by Crippen LogP contribution is 2.10. The number of nitrogens with one attached hydrogen (secondary N) is 1. The maximum atomic E-state index is 11.9. The molecule has 0 bridgehead atoms. The Morgan fingerprint density at radius 3 is 2.65 bits per heavy atom. The smallest absolute Gasteiger partial charge is 0.251 e. The summed E-state index contributed by atoms with van der Waals surface area (Å²) in [7, 11) is 0. The molecule has 0 radical (unpaired) electrons. The van der Waals surface area contributed by atoms with Crippen LogP contribution < -0.4 is 5.32 Å². The van der Waals surface area contributed by atoms with Gasteiger partial charge in [0.05, 0.1) is 0 Å². The molecule has 0 fully saturated rings. The quantitative estimate of drug-likeness (QED) is 0.516. The lowest BCUT2D eigenvalue weighted by atomic mass is 10.0. The van der Waals surface area contributed by atoms with Crippen LogP contribution in [0.5, 0.6) is 0 Å². The van der Waals surface area contributed by atoms with E-state index in [2.05, 4.69) is 19.2 Å². The first-order valence-corrected chi connectivity index (χ1v) is 8.10. The van der Waals surface area contributed by atoms with E-state index in [1.165, 1.54) is 25.7 Å². The van der Waals surface area contributed by atoms with Crippen molar-refractivity contribution in [2.45, 2.75) is 51.8 Å². The summed E-state index contributed by atoms with van der Waals surface area (Å²) in [4.78, 5) is 11.9. The fourth-order valence-electron chi connectivity index (χ4n) is 2.13. The molecule has 1 aromatic rings. The number of benzene rings is 1. The Bertz CT molecular complexity index is 404. The number of carbonyl (C=O) groups is 1. The normalized spacial score (nSPS) is 10.8. The molecule has 20 heavy (non-hydrogen) atoms. The number of halogens is 1. The van der Waals surface area contributed by atoms with E-state index in [1.54, 1.807) is 0 Å². The highest BCUT2D eigenvalue weighted by molar-refractivity contribution is 6.17. The van der Waals surface area contributed by atoms with Crippen LogP contribution >= 0.6 is 11.6 Å². The molecule has 1 amide bonds. The third-order valence-corrected chi connectivity index (χ3v) is 3.65. The first-order chi connectivity index (χ1) is 9.63. The van der Waals surface area contributed by atoms with E-state index in [1.807, 2.05) is 24.3 Å². The van der Waals surface area contributed by atoms with E-state index in [0.717, 1.165) is 24.4 Å². The Balaban J connectivity index is 2.16. The van der Waals surface area contributed by atoms with Crippen molar-refractivity contribution in [2.24, 2.45) is 5.92 Å². The number of hydrogen-bond acceptors (Lipinski definition) is 1. The van der Waals surface area contributed by atoms with Gasteiger partial charge in [-0.15, -0.1) is 11.6 Å². The molecule has 0 aliphatic heterocycles. The summed E-state index contributed by atoms with van der Waals surface area (Å²) in [5.74, 6) is 1.24. The zero-order valence-electron chi connectivity index (χ0n) is 12.6. The molecule has 0 heterocycles. The summed E-state index contributed by atoms with van der Waals surface area (Å²) in [6.45, 7) is 5.27. The summed E-state index contributed by atoms with van der Waals surface area (Å²) in [5.41, 5.74) is 1.68. The lowest BCUT2D eigenvalue weighted by Gasteiger charge is -2.07. The molecule has 0 spiro atoms. The van der Waals surface area contributed by atoms with E-state index in [0.29, 0.717) is 11.4 Å². The van der Waals surface area contributed by atoms with Crippen LogP contribution in [0.1, 0.15) is 61.9 Å². The molecule has 1 rings (SSSR count). The molecule has 1 aromatic carbocycles. The predicted molar refractivity (Wildman–Crippen MR) is 86.3 cm³/mol. The van der Waals surface area contributed by atoms with Gasteiger partial charge in [0.25, 0.3) is 5.91 Å². The molecule has 0 atom stereocenters. The maximum Gasteiger partial charge on any atom is 0.251 e. The van der Waals surface area contributed by atoms with Crippen LogP contribution in [0.15, 0.2) is 24.3 Å². The summed E-state index contributed by atoms with van der Waals surface area (Å²) < 4.78 is 0. The fraction of sp³-hybridized carbons (Fsp3) is 0.588. The van der Waals surface area contributed by atoms with Crippen molar-refractivity contribution in [3.63, 3.8) is 0 Å². The van der Waals surface area contributed by atoms with Crippen LogP contribution in [-0.2, 0) is 5.88 Å². The van der Waals surface area contributed by atoms with Gasteiger partial charge in [0.2, 0.25) is 0 Å². The Kier molecular flexibility index (Phi) is 8.36. The van der Waals surface area contributed by atoms with E-state index >= 15 is 0 Å². The van der Waals surface area contributed by atoms with Gasteiger partial charge in [-0.25, -0.2) is 0 Å². The van der Waals surface area contributed by atoms with Gasteiger partial charge in [-0.1, -0.05) is 51.7 Å². The molecular weight excluding hydrogens is 270 g/mol. The molecule has 0 aliphatic carbocycles. The van der Waals surface area contributed by atoms with Crippen LogP contribution in [0.25, 0.3) is 0 Å². The van der Waals surface area contributed by atoms with Crippen LogP contribution in [0.4, 0.5) is 0 Å². The molecule has 3 heteroatoms.